The van der Waals surface area contributed by atoms with Crippen LogP contribution in [0, 0.1) is 5.41 Å². The van der Waals surface area contributed by atoms with E-state index in [9.17, 15) is 4.79 Å². The van der Waals surface area contributed by atoms with Crippen LogP contribution < -0.4 is 5.73 Å². The van der Waals surface area contributed by atoms with E-state index in [0.717, 1.165) is 29.2 Å². The van der Waals surface area contributed by atoms with Crippen LogP contribution in [0.3, 0.4) is 0 Å². The van der Waals surface area contributed by atoms with Crippen LogP contribution in [0.4, 0.5) is 0 Å². The maximum Gasteiger partial charge on any atom is 0.228 e. The predicted octanol–water partition coefficient (Wildman–Crippen LogP) is 3.59. The molecule has 24 heavy (non-hydrogen) atoms. The molecule has 0 bridgehead atoms. The van der Waals surface area contributed by atoms with Crippen molar-refractivity contribution in [3.05, 3.63) is 40.4 Å². The van der Waals surface area contributed by atoms with E-state index in [2.05, 4.69) is 18.8 Å². The van der Waals surface area contributed by atoms with Crippen molar-refractivity contribution in [2.45, 2.75) is 32.7 Å². The van der Waals surface area contributed by atoms with Crippen LogP contribution >= 0.6 is 22.9 Å². The zero-order chi connectivity index (χ0) is 17.3. The summed E-state index contributed by atoms with van der Waals surface area (Å²) in [6.07, 6.45) is 1.20. The third-order valence-electron chi connectivity index (χ3n) is 4.64. The molecule has 0 spiro atoms. The standard InChI is InChI=1S/C18H22ClN3OS/c1-18(2)11-22(8-7-15(18)20)16(23)9-14-10-24-17(21-14)12-3-5-13(19)6-4-12/h3-6,10,15H,7-9,11,20H2,1-2H3. The Morgan fingerprint density at radius 3 is 2.79 bits per heavy atom. The zero-order valence-corrected chi connectivity index (χ0v) is 15.5. The number of rotatable bonds is 3. The van der Waals surface area contributed by atoms with Crippen molar-refractivity contribution in [2.24, 2.45) is 11.1 Å². The molecule has 1 saturated heterocycles. The van der Waals surface area contributed by atoms with Gasteiger partial charge in [-0.25, -0.2) is 4.98 Å². The van der Waals surface area contributed by atoms with E-state index in [0.29, 0.717) is 18.0 Å². The van der Waals surface area contributed by atoms with Crippen LogP contribution in [0.15, 0.2) is 29.6 Å². The number of carbonyl (C=O) groups excluding carboxylic acids is 1. The summed E-state index contributed by atoms with van der Waals surface area (Å²) in [4.78, 5) is 19.1. The number of thiazole rings is 1. The Hall–Kier alpha value is -1.43. The minimum atomic E-state index is -0.0373. The number of halogens is 1. The monoisotopic (exact) mass is 363 g/mol. The van der Waals surface area contributed by atoms with Gasteiger partial charge in [-0.1, -0.05) is 37.6 Å². The number of hydrogen-bond acceptors (Lipinski definition) is 4. The van der Waals surface area contributed by atoms with E-state index in [-0.39, 0.29) is 17.4 Å². The Labute approximate surface area is 151 Å². The number of piperidine rings is 1. The second-order valence-electron chi connectivity index (χ2n) is 7.03. The third-order valence-corrected chi connectivity index (χ3v) is 5.83. The number of carbonyl (C=O) groups is 1. The summed E-state index contributed by atoms with van der Waals surface area (Å²) in [5, 5.41) is 3.58. The van der Waals surface area contributed by atoms with Gasteiger partial charge in [0.25, 0.3) is 0 Å². The summed E-state index contributed by atoms with van der Waals surface area (Å²) in [5.74, 6) is 0.128. The molecule has 2 heterocycles. The molecule has 0 aliphatic carbocycles. The van der Waals surface area contributed by atoms with Gasteiger partial charge in [0.05, 0.1) is 12.1 Å². The lowest BCUT2D eigenvalue weighted by Crippen LogP contribution is -2.54. The molecule has 0 radical (unpaired) electrons. The van der Waals surface area contributed by atoms with E-state index in [1.54, 1.807) is 11.3 Å². The summed E-state index contributed by atoms with van der Waals surface area (Å²) in [7, 11) is 0. The van der Waals surface area contributed by atoms with E-state index < -0.39 is 0 Å². The molecule has 1 aromatic carbocycles. The molecule has 1 fully saturated rings. The van der Waals surface area contributed by atoms with E-state index in [1.807, 2.05) is 34.5 Å². The molecule has 1 atom stereocenters. The van der Waals surface area contributed by atoms with Crippen LogP contribution in [0.25, 0.3) is 10.6 Å². The second-order valence-corrected chi connectivity index (χ2v) is 8.32. The molecular formula is C18H22ClN3OS. The number of aromatic nitrogens is 1. The Kier molecular flexibility index (Phi) is 4.95. The van der Waals surface area contributed by atoms with Gasteiger partial charge in [0.2, 0.25) is 5.91 Å². The van der Waals surface area contributed by atoms with Crippen LogP contribution in [-0.4, -0.2) is 34.9 Å². The van der Waals surface area contributed by atoms with Crippen molar-refractivity contribution in [2.75, 3.05) is 13.1 Å². The normalized spacial score (nSPS) is 20.2. The maximum atomic E-state index is 12.6. The first kappa shape index (κ1) is 17.4. The fourth-order valence-corrected chi connectivity index (χ4v) is 3.92. The second kappa shape index (κ2) is 6.82. The van der Waals surface area contributed by atoms with Crippen LogP contribution in [0.5, 0.6) is 0 Å². The molecule has 2 aromatic rings. The summed E-state index contributed by atoms with van der Waals surface area (Å²) in [6.45, 7) is 5.69. The fraction of sp³-hybridized carbons (Fsp3) is 0.444. The minimum absolute atomic E-state index is 0.0373. The topological polar surface area (TPSA) is 59.2 Å². The van der Waals surface area contributed by atoms with E-state index in [4.69, 9.17) is 17.3 Å². The lowest BCUT2D eigenvalue weighted by atomic mass is 9.79. The number of amides is 1. The lowest BCUT2D eigenvalue weighted by molar-refractivity contribution is -0.133. The zero-order valence-electron chi connectivity index (χ0n) is 14.0. The molecule has 1 aliphatic rings. The highest BCUT2D eigenvalue weighted by atomic mass is 35.5. The molecular weight excluding hydrogens is 342 g/mol. The largest absolute Gasteiger partial charge is 0.342 e. The van der Waals surface area contributed by atoms with Gasteiger partial charge in [-0.05, 0) is 24.0 Å². The lowest BCUT2D eigenvalue weighted by Gasteiger charge is -2.42. The van der Waals surface area contributed by atoms with Gasteiger partial charge in [-0.2, -0.15) is 0 Å². The molecule has 1 amide bonds. The smallest absolute Gasteiger partial charge is 0.228 e. The minimum Gasteiger partial charge on any atom is -0.342 e. The number of benzene rings is 1. The Balaban J connectivity index is 1.66. The predicted molar refractivity (Wildman–Crippen MR) is 99.2 cm³/mol. The third kappa shape index (κ3) is 3.79. The van der Waals surface area contributed by atoms with E-state index >= 15 is 0 Å². The Morgan fingerprint density at radius 1 is 1.42 bits per heavy atom. The highest BCUT2D eigenvalue weighted by Crippen LogP contribution is 2.29. The average molecular weight is 364 g/mol. The van der Waals surface area contributed by atoms with Crippen molar-refractivity contribution >= 4 is 28.8 Å². The molecule has 6 heteroatoms. The van der Waals surface area contributed by atoms with Crippen molar-refractivity contribution < 1.29 is 4.79 Å². The van der Waals surface area contributed by atoms with Crippen LogP contribution in [0.2, 0.25) is 5.02 Å². The Morgan fingerprint density at radius 2 is 2.12 bits per heavy atom. The highest BCUT2D eigenvalue weighted by Gasteiger charge is 2.35. The summed E-state index contributed by atoms with van der Waals surface area (Å²) in [5.41, 5.74) is 7.95. The van der Waals surface area contributed by atoms with Gasteiger partial charge < -0.3 is 10.6 Å². The van der Waals surface area contributed by atoms with Crippen molar-refractivity contribution in [3.63, 3.8) is 0 Å². The number of likely N-dealkylation sites (tertiary alicyclic amines) is 1. The number of hydrogen-bond donors (Lipinski definition) is 1. The van der Waals surface area contributed by atoms with Gasteiger partial charge in [-0.15, -0.1) is 11.3 Å². The first-order valence-electron chi connectivity index (χ1n) is 8.09. The quantitative estimate of drug-likeness (QED) is 0.906. The summed E-state index contributed by atoms with van der Waals surface area (Å²) in [6, 6.07) is 7.74. The number of nitrogens with two attached hydrogens (primary N) is 1. The van der Waals surface area contributed by atoms with Crippen LogP contribution in [-0.2, 0) is 11.2 Å². The summed E-state index contributed by atoms with van der Waals surface area (Å²) < 4.78 is 0. The van der Waals surface area contributed by atoms with Crippen LogP contribution in [0.1, 0.15) is 26.0 Å². The molecule has 1 aromatic heterocycles. The first-order valence-corrected chi connectivity index (χ1v) is 9.34. The summed E-state index contributed by atoms with van der Waals surface area (Å²) >= 11 is 7.47. The van der Waals surface area contributed by atoms with Crippen molar-refractivity contribution in [1.82, 2.24) is 9.88 Å². The SMILES string of the molecule is CC1(C)CN(C(=O)Cc2csc(-c3ccc(Cl)cc3)n2)CCC1N. The van der Waals surface area contributed by atoms with Gasteiger partial charge in [0, 0.05) is 35.1 Å². The van der Waals surface area contributed by atoms with Crippen molar-refractivity contribution in [3.8, 4) is 10.6 Å². The molecule has 4 nitrogen and oxygen atoms in total. The van der Waals surface area contributed by atoms with Gasteiger partial charge >= 0.3 is 0 Å². The van der Waals surface area contributed by atoms with Crippen molar-refractivity contribution in [1.29, 1.82) is 0 Å². The van der Waals surface area contributed by atoms with Gasteiger partial charge in [0.15, 0.2) is 0 Å². The van der Waals surface area contributed by atoms with E-state index in [1.165, 1.54) is 0 Å². The average Bonchev–Trinajstić information content (AvgIpc) is 2.99. The molecule has 1 unspecified atom stereocenters. The highest BCUT2D eigenvalue weighted by molar-refractivity contribution is 7.13. The maximum absolute atomic E-state index is 12.6. The Bertz CT molecular complexity index is 726. The van der Waals surface area contributed by atoms with Gasteiger partial charge in [-0.3, -0.25) is 4.79 Å². The molecule has 3 rings (SSSR count). The fourth-order valence-electron chi connectivity index (χ4n) is 2.97. The molecule has 0 saturated carbocycles. The number of nitrogens with zero attached hydrogens (tertiary/aromatic N) is 2. The first-order chi connectivity index (χ1) is 11.3. The molecule has 2 N–H and O–H groups in total. The molecule has 1 aliphatic heterocycles. The molecule has 128 valence electrons. The van der Waals surface area contributed by atoms with Gasteiger partial charge in [0.1, 0.15) is 5.01 Å².